The van der Waals surface area contributed by atoms with E-state index in [4.69, 9.17) is 9.47 Å². The molecule has 1 saturated heterocycles. The van der Waals surface area contributed by atoms with Gasteiger partial charge in [-0.25, -0.2) is 0 Å². The Hall–Kier alpha value is -1.48. The molecular formula is C28H42O3. The Morgan fingerprint density at radius 3 is 2.35 bits per heavy atom. The van der Waals surface area contributed by atoms with Crippen molar-refractivity contribution in [3.8, 4) is 11.5 Å². The molecule has 4 rings (SSSR count). The molecule has 0 aromatic heterocycles. The smallest absolute Gasteiger partial charge is 0.202 e. The Morgan fingerprint density at radius 2 is 1.68 bits per heavy atom. The summed E-state index contributed by atoms with van der Waals surface area (Å²) in [5.41, 5.74) is 6.47. The molecule has 0 radical (unpaired) electrons. The summed E-state index contributed by atoms with van der Waals surface area (Å²) in [6.07, 6.45) is 5.66. The van der Waals surface area contributed by atoms with E-state index in [1.165, 1.54) is 28.7 Å². The predicted octanol–water partition coefficient (Wildman–Crippen LogP) is 7.41. The Balaban J connectivity index is 1.86. The Kier molecular flexibility index (Phi) is 6.20. The molecule has 4 unspecified atom stereocenters. The Labute approximate surface area is 189 Å². The van der Waals surface area contributed by atoms with Crippen LogP contribution in [0.1, 0.15) is 108 Å². The highest BCUT2D eigenvalue weighted by Crippen LogP contribution is 2.58. The normalized spacial score (nSPS) is 37.2. The topological polar surface area (TPSA) is 38.7 Å². The third kappa shape index (κ3) is 3.81. The summed E-state index contributed by atoms with van der Waals surface area (Å²) >= 11 is 0. The van der Waals surface area contributed by atoms with Gasteiger partial charge in [0.05, 0.1) is 6.61 Å². The van der Waals surface area contributed by atoms with Crippen molar-refractivity contribution in [2.45, 2.75) is 98.7 Å². The van der Waals surface area contributed by atoms with Crippen LogP contribution in [-0.4, -0.2) is 18.0 Å². The molecule has 1 aliphatic heterocycles. The van der Waals surface area contributed by atoms with Crippen LogP contribution in [0.15, 0.2) is 11.6 Å². The number of ether oxygens (including phenoxy) is 2. The van der Waals surface area contributed by atoms with E-state index >= 15 is 0 Å². The highest BCUT2D eigenvalue weighted by Gasteiger charge is 2.42. The monoisotopic (exact) mass is 426 g/mol. The molecule has 1 aromatic carbocycles. The van der Waals surface area contributed by atoms with E-state index in [0.717, 1.165) is 18.4 Å². The van der Waals surface area contributed by atoms with Gasteiger partial charge in [0.25, 0.3) is 0 Å². The number of allylic oxidation sites excluding steroid dienone is 2. The van der Waals surface area contributed by atoms with Gasteiger partial charge in [-0.3, -0.25) is 0 Å². The summed E-state index contributed by atoms with van der Waals surface area (Å²) in [5.74, 6) is 4.36. The maximum Gasteiger partial charge on any atom is 0.202 e. The third-order valence-electron chi connectivity index (χ3n) is 8.71. The molecule has 172 valence electrons. The van der Waals surface area contributed by atoms with Gasteiger partial charge in [-0.05, 0) is 86.3 Å². The van der Waals surface area contributed by atoms with E-state index in [0.29, 0.717) is 59.5 Å². The first kappa shape index (κ1) is 22.7. The largest absolute Gasteiger partial charge is 0.504 e. The van der Waals surface area contributed by atoms with Crippen molar-refractivity contribution in [2.24, 2.45) is 23.7 Å². The third-order valence-corrected chi connectivity index (χ3v) is 8.71. The van der Waals surface area contributed by atoms with Gasteiger partial charge in [-0.1, -0.05) is 46.3 Å². The second-order valence-electron chi connectivity index (χ2n) is 11.2. The van der Waals surface area contributed by atoms with Gasteiger partial charge in [0.2, 0.25) is 6.29 Å². The summed E-state index contributed by atoms with van der Waals surface area (Å²) in [6, 6.07) is 0. The zero-order chi connectivity index (χ0) is 22.6. The zero-order valence-corrected chi connectivity index (χ0v) is 20.8. The van der Waals surface area contributed by atoms with Crippen molar-refractivity contribution in [2.75, 3.05) is 6.61 Å². The quantitative estimate of drug-likeness (QED) is 0.511. The van der Waals surface area contributed by atoms with Gasteiger partial charge in [0.1, 0.15) is 0 Å². The van der Waals surface area contributed by atoms with Crippen molar-refractivity contribution < 1.29 is 14.6 Å². The lowest BCUT2D eigenvalue weighted by atomic mass is 9.62. The molecule has 1 heterocycles. The van der Waals surface area contributed by atoms with Crippen molar-refractivity contribution in [3.63, 3.8) is 0 Å². The van der Waals surface area contributed by atoms with Crippen LogP contribution in [0.4, 0.5) is 0 Å². The lowest BCUT2D eigenvalue weighted by Gasteiger charge is -2.44. The number of benzene rings is 1. The van der Waals surface area contributed by atoms with E-state index < -0.39 is 0 Å². The molecule has 0 saturated carbocycles. The van der Waals surface area contributed by atoms with Gasteiger partial charge >= 0.3 is 0 Å². The molecule has 1 fully saturated rings. The summed E-state index contributed by atoms with van der Waals surface area (Å²) in [7, 11) is 0. The maximum absolute atomic E-state index is 11.4. The molecule has 3 heteroatoms. The molecule has 0 bridgehead atoms. The minimum Gasteiger partial charge on any atom is -0.504 e. The summed E-state index contributed by atoms with van der Waals surface area (Å²) in [6.45, 7) is 18.7. The minimum atomic E-state index is -0.298. The van der Waals surface area contributed by atoms with Crippen LogP contribution in [-0.2, 0) is 4.74 Å². The number of phenols is 1. The molecule has 8 atom stereocenters. The summed E-state index contributed by atoms with van der Waals surface area (Å²) in [5, 5.41) is 11.4. The fourth-order valence-electron chi connectivity index (χ4n) is 6.48. The standard InChI is InChI=1S/C28H42O3/c1-14(2)11-21-12-16(4)22-10-9-15(3)23-25(22)24(21)20(8)26(29)27(23)31-28-19(7)18(6)17(5)13-30-28/h11,15-19,21-22,28-29H,9-10,12-13H2,1-8H3/t15-,16-,17?,18?,19?,21-,22+,28?/m0/s1. The number of hydrogen-bond donors (Lipinski definition) is 1. The second-order valence-corrected chi connectivity index (χ2v) is 11.2. The Morgan fingerprint density at radius 1 is 0.968 bits per heavy atom. The highest BCUT2D eigenvalue weighted by atomic mass is 16.7. The first-order chi connectivity index (χ1) is 14.6. The molecule has 0 amide bonds. The maximum atomic E-state index is 11.4. The van der Waals surface area contributed by atoms with Crippen LogP contribution in [0.5, 0.6) is 11.5 Å². The molecule has 1 aromatic rings. The van der Waals surface area contributed by atoms with Crippen LogP contribution < -0.4 is 4.74 Å². The molecule has 31 heavy (non-hydrogen) atoms. The average Bonchev–Trinajstić information content (AvgIpc) is 2.70. The highest BCUT2D eigenvalue weighted by molar-refractivity contribution is 5.64. The summed E-state index contributed by atoms with van der Waals surface area (Å²) in [4.78, 5) is 0. The molecule has 0 spiro atoms. The predicted molar refractivity (Wildman–Crippen MR) is 127 cm³/mol. The number of rotatable bonds is 3. The van der Waals surface area contributed by atoms with Gasteiger partial charge in [-0.2, -0.15) is 0 Å². The number of aromatic hydroxyl groups is 1. The van der Waals surface area contributed by atoms with Crippen molar-refractivity contribution in [1.29, 1.82) is 0 Å². The molecule has 2 aliphatic carbocycles. The first-order valence-electron chi connectivity index (χ1n) is 12.4. The number of phenolic OH excluding ortho intramolecular Hbond substituents is 1. The zero-order valence-electron chi connectivity index (χ0n) is 20.8. The average molecular weight is 427 g/mol. The Bertz CT molecular complexity index is 866. The molecule has 1 N–H and O–H groups in total. The van der Waals surface area contributed by atoms with Crippen molar-refractivity contribution in [1.82, 2.24) is 0 Å². The lowest BCUT2D eigenvalue weighted by molar-refractivity contribution is -0.172. The van der Waals surface area contributed by atoms with E-state index in [1.807, 2.05) is 0 Å². The summed E-state index contributed by atoms with van der Waals surface area (Å²) < 4.78 is 12.8. The van der Waals surface area contributed by atoms with Crippen LogP contribution in [0.25, 0.3) is 0 Å². The van der Waals surface area contributed by atoms with Crippen LogP contribution >= 0.6 is 0 Å². The van der Waals surface area contributed by atoms with Crippen LogP contribution in [0, 0.1) is 30.6 Å². The fourth-order valence-corrected chi connectivity index (χ4v) is 6.48. The van der Waals surface area contributed by atoms with Crippen molar-refractivity contribution >= 4 is 0 Å². The molecule has 3 nitrogen and oxygen atoms in total. The second kappa shape index (κ2) is 8.46. The van der Waals surface area contributed by atoms with Crippen LogP contribution in [0.3, 0.4) is 0 Å². The van der Waals surface area contributed by atoms with Gasteiger partial charge in [-0.15, -0.1) is 0 Å². The van der Waals surface area contributed by atoms with E-state index in [1.54, 1.807) is 0 Å². The first-order valence-corrected chi connectivity index (χ1v) is 12.4. The minimum absolute atomic E-state index is 0.290. The SMILES string of the molecule is CC(C)=C[C@H]1C[C@H](C)[C@H]2CC[C@H](C)c3c(OC4OCC(C)C(C)C4C)c(O)c(C)c1c32. The van der Waals surface area contributed by atoms with E-state index in [9.17, 15) is 5.11 Å². The van der Waals surface area contributed by atoms with E-state index in [-0.39, 0.29) is 6.29 Å². The lowest BCUT2D eigenvalue weighted by Crippen LogP contribution is -2.42. The van der Waals surface area contributed by atoms with Gasteiger partial charge in [0, 0.05) is 17.4 Å². The van der Waals surface area contributed by atoms with Gasteiger partial charge in [0.15, 0.2) is 11.5 Å². The fraction of sp³-hybridized carbons (Fsp3) is 0.714. The molecular weight excluding hydrogens is 384 g/mol. The van der Waals surface area contributed by atoms with E-state index in [2.05, 4.69) is 61.5 Å². The number of hydrogen-bond acceptors (Lipinski definition) is 3. The van der Waals surface area contributed by atoms with Crippen LogP contribution in [0.2, 0.25) is 0 Å². The van der Waals surface area contributed by atoms with Gasteiger partial charge < -0.3 is 14.6 Å². The molecule has 3 aliphatic rings. The van der Waals surface area contributed by atoms with Crippen molar-refractivity contribution in [3.05, 3.63) is 33.9 Å².